The molecular weight excluding hydrogens is 494 g/mol. The van der Waals surface area contributed by atoms with Crippen LogP contribution >= 0.6 is 43.2 Å². The fourth-order valence-electron chi connectivity index (χ4n) is 2.08. The normalized spacial score (nSPS) is 12.4. The van der Waals surface area contributed by atoms with Crippen LogP contribution in [0.2, 0.25) is 0 Å². The zero-order chi connectivity index (χ0) is 19.8. The maximum Gasteiger partial charge on any atom is 0.185 e. The SMILES string of the molecule is C=C(Br)/C=N\N(C)C(C=C(NC)c1sccc1Br)=NCc1ccc[n+]([O-])c1. The van der Waals surface area contributed by atoms with Crippen LogP contribution in [0.3, 0.4) is 0 Å². The molecule has 0 aliphatic heterocycles. The second-order valence-electron chi connectivity index (χ2n) is 5.37. The molecule has 0 aromatic carbocycles. The van der Waals surface area contributed by atoms with Gasteiger partial charge in [0.2, 0.25) is 0 Å². The first kappa shape index (κ1) is 21.3. The van der Waals surface area contributed by atoms with Crippen molar-refractivity contribution in [2.24, 2.45) is 10.1 Å². The summed E-state index contributed by atoms with van der Waals surface area (Å²) in [7, 11) is 3.66. The van der Waals surface area contributed by atoms with Crippen LogP contribution in [-0.4, -0.2) is 31.2 Å². The Labute approximate surface area is 179 Å². The molecule has 0 unspecified atom stereocenters. The Morgan fingerprint density at radius 3 is 2.85 bits per heavy atom. The van der Waals surface area contributed by atoms with E-state index >= 15 is 0 Å². The quantitative estimate of drug-likeness (QED) is 0.199. The van der Waals surface area contributed by atoms with E-state index in [1.54, 1.807) is 35.7 Å². The summed E-state index contributed by atoms with van der Waals surface area (Å²) >= 11 is 8.44. The topological polar surface area (TPSA) is 66.9 Å². The summed E-state index contributed by atoms with van der Waals surface area (Å²) in [6.45, 7) is 4.10. The summed E-state index contributed by atoms with van der Waals surface area (Å²) in [5.41, 5.74) is 1.71. The van der Waals surface area contributed by atoms with Crippen LogP contribution in [0.4, 0.5) is 0 Å². The zero-order valence-corrected chi connectivity index (χ0v) is 18.9. The van der Waals surface area contributed by atoms with Crippen LogP contribution in [-0.2, 0) is 6.54 Å². The van der Waals surface area contributed by atoms with Gasteiger partial charge in [0.25, 0.3) is 0 Å². The molecule has 27 heavy (non-hydrogen) atoms. The predicted molar refractivity (Wildman–Crippen MR) is 120 cm³/mol. The number of nitrogens with one attached hydrogen (secondary N) is 1. The minimum Gasteiger partial charge on any atom is -0.619 e. The highest BCUT2D eigenvalue weighted by atomic mass is 79.9. The molecule has 0 atom stereocenters. The summed E-state index contributed by atoms with van der Waals surface area (Å²) in [5.74, 6) is 0.631. The Balaban J connectivity index is 2.39. The molecule has 9 heteroatoms. The smallest absolute Gasteiger partial charge is 0.185 e. The number of hydrogen-bond acceptors (Lipinski definition) is 5. The molecule has 0 bridgehead atoms. The second kappa shape index (κ2) is 10.4. The van der Waals surface area contributed by atoms with Gasteiger partial charge in [0.05, 0.1) is 23.3 Å². The maximum absolute atomic E-state index is 11.5. The first-order valence-electron chi connectivity index (χ1n) is 7.87. The number of amidine groups is 1. The number of nitrogens with zero attached hydrogens (tertiary/aromatic N) is 4. The Kier molecular flexibility index (Phi) is 8.21. The van der Waals surface area contributed by atoms with Crippen molar-refractivity contribution < 1.29 is 4.73 Å². The lowest BCUT2D eigenvalue weighted by atomic mass is 10.3. The Bertz CT molecular complexity index is 891. The van der Waals surface area contributed by atoms with E-state index in [1.165, 1.54) is 12.4 Å². The predicted octanol–water partition coefficient (Wildman–Crippen LogP) is 4.13. The lowest BCUT2D eigenvalue weighted by Gasteiger charge is -2.15. The molecule has 0 saturated carbocycles. The average molecular weight is 513 g/mol. The van der Waals surface area contributed by atoms with E-state index in [9.17, 15) is 5.21 Å². The van der Waals surface area contributed by atoms with Gasteiger partial charge in [0.1, 0.15) is 5.84 Å². The number of aromatic nitrogens is 1. The van der Waals surface area contributed by atoms with Gasteiger partial charge in [-0.3, -0.25) is 10.0 Å². The molecule has 0 fully saturated rings. The Hall–Kier alpha value is -1.97. The van der Waals surface area contributed by atoms with Crippen LogP contribution in [0.5, 0.6) is 0 Å². The Morgan fingerprint density at radius 1 is 1.48 bits per heavy atom. The first-order chi connectivity index (χ1) is 12.9. The van der Waals surface area contributed by atoms with Crippen LogP contribution < -0.4 is 10.0 Å². The van der Waals surface area contributed by atoms with Crippen LogP contribution in [0.25, 0.3) is 5.70 Å². The minimum atomic E-state index is 0.354. The molecule has 0 radical (unpaired) electrons. The monoisotopic (exact) mass is 511 g/mol. The van der Waals surface area contributed by atoms with Crippen molar-refractivity contribution in [3.05, 3.63) is 73.2 Å². The summed E-state index contributed by atoms with van der Waals surface area (Å²) in [6.07, 6.45) is 6.46. The van der Waals surface area contributed by atoms with E-state index in [-0.39, 0.29) is 0 Å². The second-order valence-corrected chi connectivity index (χ2v) is 8.16. The van der Waals surface area contributed by atoms with Gasteiger partial charge in [-0.25, -0.2) is 0 Å². The molecule has 6 nitrogen and oxygen atoms in total. The molecule has 1 N–H and O–H groups in total. The van der Waals surface area contributed by atoms with E-state index in [4.69, 9.17) is 0 Å². The van der Waals surface area contributed by atoms with Crippen molar-refractivity contribution in [2.45, 2.75) is 6.54 Å². The van der Waals surface area contributed by atoms with Crippen molar-refractivity contribution in [3.63, 3.8) is 0 Å². The highest BCUT2D eigenvalue weighted by Gasteiger charge is 2.10. The van der Waals surface area contributed by atoms with E-state index in [1.807, 2.05) is 30.6 Å². The third-order valence-electron chi connectivity index (χ3n) is 3.37. The van der Waals surface area contributed by atoms with Gasteiger partial charge in [-0.1, -0.05) is 6.58 Å². The molecule has 142 valence electrons. The van der Waals surface area contributed by atoms with E-state index in [0.29, 0.717) is 16.9 Å². The molecule has 0 aliphatic rings. The lowest BCUT2D eigenvalue weighted by Crippen LogP contribution is -2.25. The lowest BCUT2D eigenvalue weighted by molar-refractivity contribution is -0.605. The third-order valence-corrected chi connectivity index (χ3v) is 5.44. The molecule has 2 heterocycles. The molecule has 0 spiro atoms. The fourth-order valence-corrected chi connectivity index (χ4v) is 3.78. The molecule has 0 saturated heterocycles. The van der Waals surface area contributed by atoms with Crippen molar-refractivity contribution in [2.75, 3.05) is 14.1 Å². The van der Waals surface area contributed by atoms with Gasteiger partial charge in [-0.15, -0.1) is 11.3 Å². The van der Waals surface area contributed by atoms with Crippen molar-refractivity contribution >= 4 is 60.9 Å². The molecule has 2 rings (SSSR count). The first-order valence-corrected chi connectivity index (χ1v) is 10.3. The van der Waals surface area contributed by atoms with Gasteiger partial charge >= 0.3 is 0 Å². The van der Waals surface area contributed by atoms with Gasteiger partial charge in [0, 0.05) is 40.8 Å². The molecular formula is C18H19Br2N5OS. The number of aliphatic imine (C=N–C) groups is 1. The molecule has 0 amide bonds. The average Bonchev–Trinajstić information content (AvgIpc) is 3.06. The largest absolute Gasteiger partial charge is 0.619 e. The van der Waals surface area contributed by atoms with Crippen molar-refractivity contribution in [3.8, 4) is 0 Å². The number of halogens is 2. The fraction of sp³-hybridized carbons (Fsp3) is 0.167. The van der Waals surface area contributed by atoms with Crippen molar-refractivity contribution in [1.82, 2.24) is 10.3 Å². The number of pyridine rings is 1. The standard InChI is InChI=1S/C18H19Br2N5OS/c1-13(19)10-23-24(3)17(22-11-14-5-4-7-25(26)12-14)9-16(21-2)18-15(20)6-8-27-18/h4-10,12,21H,1,11H2,2-3H3/b16-9?,22-17?,23-10-. The summed E-state index contributed by atoms with van der Waals surface area (Å²) in [6, 6.07) is 5.55. The van der Waals surface area contributed by atoms with Crippen LogP contribution in [0.1, 0.15) is 10.4 Å². The summed E-state index contributed by atoms with van der Waals surface area (Å²) in [5, 5.41) is 22.7. The summed E-state index contributed by atoms with van der Waals surface area (Å²) in [4.78, 5) is 5.70. The third kappa shape index (κ3) is 6.60. The number of allylic oxidation sites excluding steroid dienone is 1. The number of thiophene rings is 1. The number of hydrazone groups is 1. The van der Waals surface area contributed by atoms with E-state index < -0.39 is 0 Å². The Morgan fingerprint density at radius 2 is 2.26 bits per heavy atom. The molecule has 2 aromatic rings. The highest BCUT2D eigenvalue weighted by molar-refractivity contribution is 9.12. The number of hydrogen-bond donors (Lipinski definition) is 1. The minimum absolute atomic E-state index is 0.354. The van der Waals surface area contributed by atoms with E-state index in [0.717, 1.165) is 25.3 Å². The van der Waals surface area contributed by atoms with Gasteiger partial charge in [-0.2, -0.15) is 9.83 Å². The van der Waals surface area contributed by atoms with Gasteiger partial charge < -0.3 is 10.5 Å². The van der Waals surface area contributed by atoms with Crippen LogP contribution in [0.15, 0.2) is 67.7 Å². The van der Waals surface area contributed by atoms with Crippen LogP contribution in [0, 0.1) is 5.21 Å². The summed E-state index contributed by atoms with van der Waals surface area (Å²) < 4.78 is 2.42. The zero-order valence-electron chi connectivity index (χ0n) is 14.9. The van der Waals surface area contributed by atoms with E-state index in [2.05, 4.69) is 53.8 Å². The number of rotatable bonds is 7. The molecule has 0 aliphatic carbocycles. The van der Waals surface area contributed by atoms with Gasteiger partial charge in [-0.05, 0) is 49.4 Å². The molecule has 2 aromatic heterocycles. The highest BCUT2D eigenvalue weighted by Crippen LogP contribution is 2.28. The van der Waals surface area contributed by atoms with Crippen molar-refractivity contribution in [1.29, 1.82) is 0 Å². The maximum atomic E-state index is 11.5. The number of likely N-dealkylation sites (N-methyl/N-ethyl adjacent to an activating group) is 1. The van der Waals surface area contributed by atoms with Gasteiger partial charge in [0.15, 0.2) is 12.4 Å².